The fraction of sp³-hybridized carbons (Fsp3) is 0.474. The molecule has 0 unspecified atom stereocenters. The fourth-order valence-electron chi connectivity index (χ4n) is 2.72. The van der Waals surface area contributed by atoms with Crippen molar-refractivity contribution in [2.75, 3.05) is 27.2 Å². The van der Waals surface area contributed by atoms with Crippen molar-refractivity contribution < 1.29 is 9.53 Å². The van der Waals surface area contributed by atoms with Gasteiger partial charge in [-0.05, 0) is 36.8 Å². The molecule has 0 fully saturated rings. The SMILES string of the molecule is CN=C(NCCCCC(=O)OC)NCCCn1ccc2ccccc21.I. The number of ether oxygens (including phenoxy) is 1. The number of esters is 1. The van der Waals surface area contributed by atoms with Gasteiger partial charge in [-0.25, -0.2) is 0 Å². The van der Waals surface area contributed by atoms with Gasteiger partial charge in [0.2, 0.25) is 0 Å². The first-order valence-corrected chi connectivity index (χ1v) is 8.80. The largest absolute Gasteiger partial charge is 0.469 e. The number of fused-ring (bicyclic) bond motifs is 1. The van der Waals surface area contributed by atoms with Gasteiger partial charge in [-0.2, -0.15) is 0 Å². The molecular formula is C19H29IN4O2. The van der Waals surface area contributed by atoms with Gasteiger partial charge in [0.1, 0.15) is 0 Å². The summed E-state index contributed by atoms with van der Waals surface area (Å²) in [5.41, 5.74) is 1.27. The third kappa shape index (κ3) is 7.23. The lowest BCUT2D eigenvalue weighted by atomic mass is 10.2. The summed E-state index contributed by atoms with van der Waals surface area (Å²) in [6.45, 7) is 2.61. The summed E-state index contributed by atoms with van der Waals surface area (Å²) in [7, 11) is 3.19. The van der Waals surface area contributed by atoms with Crippen LogP contribution in [0.25, 0.3) is 10.9 Å². The Hall–Kier alpha value is -1.77. The van der Waals surface area contributed by atoms with E-state index in [9.17, 15) is 4.79 Å². The summed E-state index contributed by atoms with van der Waals surface area (Å²) in [4.78, 5) is 15.3. The number of aliphatic imine (C=N–C) groups is 1. The topological polar surface area (TPSA) is 67.7 Å². The Labute approximate surface area is 172 Å². The maximum Gasteiger partial charge on any atom is 0.305 e. The van der Waals surface area contributed by atoms with Crippen LogP contribution in [0, 0.1) is 0 Å². The van der Waals surface area contributed by atoms with Crippen molar-refractivity contribution in [3.05, 3.63) is 36.5 Å². The smallest absolute Gasteiger partial charge is 0.305 e. The predicted octanol–water partition coefficient (Wildman–Crippen LogP) is 3.16. The Morgan fingerprint density at radius 1 is 1.12 bits per heavy atom. The molecule has 2 aromatic rings. The molecule has 26 heavy (non-hydrogen) atoms. The first kappa shape index (κ1) is 22.3. The highest BCUT2D eigenvalue weighted by Crippen LogP contribution is 2.15. The van der Waals surface area contributed by atoms with Gasteiger partial charge in [-0.3, -0.25) is 9.79 Å². The lowest BCUT2D eigenvalue weighted by Crippen LogP contribution is -2.38. The highest BCUT2D eigenvalue weighted by molar-refractivity contribution is 14.0. The van der Waals surface area contributed by atoms with E-state index in [1.54, 1.807) is 7.05 Å². The van der Waals surface area contributed by atoms with Gasteiger partial charge in [0, 0.05) is 44.8 Å². The second-order valence-electron chi connectivity index (χ2n) is 5.88. The molecule has 2 N–H and O–H groups in total. The second-order valence-corrected chi connectivity index (χ2v) is 5.88. The molecule has 144 valence electrons. The van der Waals surface area contributed by atoms with Crippen molar-refractivity contribution in [2.45, 2.75) is 32.2 Å². The van der Waals surface area contributed by atoms with Crippen molar-refractivity contribution >= 4 is 46.8 Å². The molecule has 1 aromatic heterocycles. The highest BCUT2D eigenvalue weighted by atomic mass is 127. The first-order valence-electron chi connectivity index (χ1n) is 8.80. The number of rotatable bonds is 9. The van der Waals surface area contributed by atoms with E-state index >= 15 is 0 Å². The molecule has 0 atom stereocenters. The van der Waals surface area contributed by atoms with Crippen LogP contribution in [0.15, 0.2) is 41.5 Å². The zero-order chi connectivity index (χ0) is 17.9. The van der Waals surface area contributed by atoms with Crippen LogP contribution in [0.2, 0.25) is 0 Å². The number of hydrogen-bond donors (Lipinski definition) is 2. The number of nitrogens with zero attached hydrogens (tertiary/aromatic N) is 2. The number of guanidine groups is 1. The molecule has 7 heteroatoms. The minimum atomic E-state index is -0.153. The molecule has 0 saturated heterocycles. The third-order valence-corrected chi connectivity index (χ3v) is 4.10. The monoisotopic (exact) mass is 472 g/mol. The number of carbonyl (C=O) groups excluding carboxylic acids is 1. The van der Waals surface area contributed by atoms with Crippen LogP contribution in [0.1, 0.15) is 25.7 Å². The quantitative estimate of drug-likeness (QED) is 0.194. The Morgan fingerprint density at radius 2 is 1.85 bits per heavy atom. The zero-order valence-corrected chi connectivity index (χ0v) is 17.9. The summed E-state index contributed by atoms with van der Waals surface area (Å²) < 4.78 is 6.90. The number of aromatic nitrogens is 1. The molecule has 0 bridgehead atoms. The van der Waals surface area contributed by atoms with Crippen LogP contribution in [-0.4, -0.2) is 43.7 Å². The van der Waals surface area contributed by atoms with Gasteiger partial charge in [0.05, 0.1) is 7.11 Å². The van der Waals surface area contributed by atoms with Crippen LogP contribution < -0.4 is 10.6 Å². The summed E-state index contributed by atoms with van der Waals surface area (Å²) in [5, 5.41) is 7.87. The van der Waals surface area contributed by atoms with Crippen LogP contribution in [0.5, 0.6) is 0 Å². The maximum absolute atomic E-state index is 11.0. The third-order valence-electron chi connectivity index (χ3n) is 4.10. The fourth-order valence-corrected chi connectivity index (χ4v) is 2.72. The number of nitrogens with one attached hydrogen (secondary N) is 2. The second kappa shape index (κ2) is 12.6. The van der Waals surface area contributed by atoms with E-state index in [0.29, 0.717) is 6.42 Å². The normalized spacial score (nSPS) is 11.1. The molecule has 2 rings (SSSR count). The molecular weight excluding hydrogens is 443 g/mol. The van der Waals surface area contributed by atoms with E-state index < -0.39 is 0 Å². The minimum absolute atomic E-state index is 0. The molecule has 0 radical (unpaired) electrons. The molecule has 1 aromatic carbocycles. The van der Waals surface area contributed by atoms with Crippen LogP contribution in [0.3, 0.4) is 0 Å². The number of halogens is 1. The average Bonchev–Trinajstić information content (AvgIpc) is 3.06. The number of aryl methyl sites for hydroxylation is 1. The van der Waals surface area contributed by atoms with Gasteiger partial charge in [-0.15, -0.1) is 24.0 Å². The molecule has 0 aliphatic heterocycles. The summed E-state index contributed by atoms with van der Waals surface area (Å²) in [6.07, 6.45) is 5.35. The highest BCUT2D eigenvalue weighted by Gasteiger charge is 2.02. The lowest BCUT2D eigenvalue weighted by molar-refractivity contribution is -0.140. The summed E-state index contributed by atoms with van der Waals surface area (Å²) in [6, 6.07) is 10.6. The van der Waals surface area contributed by atoms with Crippen molar-refractivity contribution in [2.24, 2.45) is 4.99 Å². The van der Waals surface area contributed by atoms with E-state index in [2.05, 4.69) is 61.5 Å². The average molecular weight is 472 g/mol. The Kier molecular flexibility index (Phi) is 10.8. The first-order chi connectivity index (χ1) is 12.2. The van der Waals surface area contributed by atoms with Crippen molar-refractivity contribution in [1.29, 1.82) is 0 Å². The standard InChI is InChI=1S/C19H28N4O2.HI/c1-20-19(21-12-6-5-10-18(24)25-2)22-13-7-14-23-15-11-16-8-3-4-9-17(16)23;/h3-4,8-9,11,15H,5-7,10,12-14H2,1-2H3,(H2,20,21,22);1H. The van der Waals surface area contributed by atoms with E-state index in [4.69, 9.17) is 0 Å². The molecule has 0 aliphatic rings. The van der Waals surface area contributed by atoms with Crippen molar-refractivity contribution in [1.82, 2.24) is 15.2 Å². The summed E-state index contributed by atoms with van der Waals surface area (Å²) in [5.74, 6) is 0.649. The number of para-hydroxylation sites is 1. The van der Waals surface area contributed by atoms with Crippen LogP contribution >= 0.6 is 24.0 Å². The van der Waals surface area contributed by atoms with E-state index in [1.165, 1.54) is 18.0 Å². The molecule has 0 amide bonds. The number of methoxy groups -OCH3 is 1. The van der Waals surface area contributed by atoms with E-state index in [0.717, 1.165) is 44.9 Å². The Morgan fingerprint density at radius 3 is 2.58 bits per heavy atom. The minimum Gasteiger partial charge on any atom is -0.469 e. The van der Waals surface area contributed by atoms with Gasteiger partial charge < -0.3 is 19.9 Å². The number of carbonyl (C=O) groups is 1. The lowest BCUT2D eigenvalue weighted by Gasteiger charge is -2.12. The predicted molar refractivity (Wildman–Crippen MR) is 117 cm³/mol. The van der Waals surface area contributed by atoms with Gasteiger partial charge >= 0.3 is 5.97 Å². The van der Waals surface area contributed by atoms with Gasteiger partial charge in [0.25, 0.3) is 0 Å². The molecule has 6 nitrogen and oxygen atoms in total. The number of unbranched alkanes of at least 4 members (excludes halogenated alkanes) is 1. The van der Waals surface area contributed by atoms with Gasteiger partial charge in [-0.1, -0.05) is 18.2 Å². The molecule has 0 spiro atoms. The summed E-state index contributed by atoms with van der Waals surface area (Å²) >= 11 is 0. The van der Waals surface area contributed by atoms with E-state index in [-0.39, 0.29) is 29.9 Å². The molecule has 1 heterocycles. The zero-order valence-electron chi connectivity index (χ0n) is 15.5. The number of hydrogen-bond acceptors (Lipinski definition) is 3. The Bertz CT molecular complexity index is 700. The van der Waals surface area contributed by atoms with Crippen molar-refractivity contribution in [3.8, 4) is 0 Å². The van der Waals surface area contributed by atoms with E-state index in [1.807, 2.05) is 0 Å². The Balaban J connectivity index is 0.00000338. The van der Waals surface area contributed by atoms with Crippen LogP contribution in [-0.2, 0) is 16.1 Å². The van der Waals surface area contributed by atoms with Crippen LogP contribution in [0.4, 0.5) is 0 Å². The number of benzene rings is 1. The van der Waals surface area contributed by atoms with Gasteiger partial charge in [0.15, 0.2) is 5.96 Å². The molecule has 0 aliphatic carbocycles. The molecule has 0 saturated carbocycles. The van der Waals surface area contributed by atoms with Crippen molar-refractivity contribution in [3.63, 3.8) is 0 Å². The maximum atomic E-state index is 11.0.